The van der Waals surface area contributed by atoms with Gasteiger partial charge in [-0.2, -0.15) is 0 Å². The Bertz CT molecular complexity index is 1220. The van der Waals surface area contributed by atoms with Gasteiger partial charge in [0.2, 0.25) is 5.91 Å². The largest absolute Gasteiger partial charge is 0.384 e. The van der Waals surface area contributed by atoms with Crippen LogP contribution in [0.2, 0.25) is 0 Å². The van der Waals surface area contributed by atoms with E-state index in [1.54, 1.807) is 19.2 Å². The summed E-state index contributed by atoms with van der Waals surface area (Å²) in [7, 11) is 0. The summed E-state index contributed by atoms with van der Waals surface area (Å²) < 4.78 is 15.2. The first-order valence-corrected chi connectivity index (χ1v) is 10.4. The van der Waals surface area contributed by atoms with E-state index in [1.165, 1.54) is 16.7 Å². The van der Waals surface area contributed by atoms with E-state index >= 15 is 0 Å². The van der Waals surface area contributed by atoms with Crippen molar-refractivity contribution in [2.75, 3.05) is 11.1 Å². The van der Waals surface area contributed by atoms with Crippen LogP contribution in [0.3, 0.4) is 0 Å². The second-order valence-electron chi connectivity index (χ2n) is 8.15. The molecule has 1 aliphatic heterocycles. The van der Waals surface area contributed by atoms with Gasteiger partial charge in [0.15, 0.2) is 0 Å². The number of amides is 1. The van der Waals surface area contributed by atoms with Crippen LogP contribution in [0.15, 0.2) is 41.3 Å². The summed E-state index contributed by atoms with van der Waals surface area (Å²) in [5, 5.41) is 3.14. The molecule has 3 heterocycles. The van der Waals surface area contributed by atoms with E-state index < -0.39 is 11.9 Å². The fourth-order valence-corrected chi connectivity index (χ4v) is 4.17. The Morgan fingerprint density at radius 2 is 2.12 bits per heavy atom. The summed E-state index contributed by atoms with van der Waals surface area (Å²) >= 11 is 0. The van der Waals surface area contributed by atoms with Gasteiger partial charge in [0, 0.05) is 25.1 Å². The second kappa shape index (κ2) is 8.41. The number of carbonyl (C=O) groups excluding carboxylic acids is 1. The van der Waals surface area contributed by atoms with Crippen LogP contribution >= 0.6 is 0 Å². The number of nitrogens with one attached hydrogen (secondary N) is 1. The average Bonchev–Trinajstić information content (AvgIpc) is 3.17. The van der Waals surface area contributed by atoms with Gasteiger partial charge in [-0.25, -0.2) is 14.4 Å². The highest BCUT2D eigenvalue weighted by atomic mass is 19.1. The van der Waals surface area contributed by atoms with Gasteiger partial charge in [-0.1, -0.05) is 19.1 Å². The number of hydrogen-bond donors (Lipinski definition) is 3. The Kier molecular flexibility index (Phi) is 5.65. The summed E-state index contributed by atoms with van der Waals surface area (Å²) in [5.74, 6) is -0.266. The van der Waals surface area contributed by atoms with Gasteiger partial charge in [0.05, 0.1) is 5.69 Å². The number of fused-ring (bicyclic) bond motifs is 1. The standard InChI is InChI=1S/C23H25FN6O2/c1-12-7-14(9-16(24)8-12)10-28-21-20(13(2)15-3-5-18(25)27-11-15)29-19-6-4-17(22(26)31)30(19)23(21)32/h3,5,7-9,11,13,17,28H,4,6,10H2,1-2H3,(H2,25,27)(H2,26,31)/t13-,17?/m1/s1. The first-order valence-electron chi connectivity index (χ1n) is 10.4. The molecule has 1 aliphatic rings. The molecule has 0 radical (unpaired) electrons. The highest BCUT2D eigenvalue weighted by Crippen LogP contribution is 2.31. The lowest BCUT2D eigenvalue weighted by molar-refractivity contribution is -0.121. The van der Waals surface area contributed by atoms with E-state index in [0.29, 0.717) is 35.7 Å². The van der Waals surface area contributed by atoms with Crippen LogP contribution in [0.5, 0.6) is 0 Å². The topological polar surface area (TPSA) is 129 Å². The highest BCUT2D eigenvalue weighted by Gasteiger charge is 2.32. The fourth-order valence-electron chi connectivity index (χ4n) is 4.17. The number of aromatic nitrogens is 3. The molecular formula is C23H25FN6O2. The number of benzene rings is 1. The van der Waals surface area contributed by atoms with Crippen LogP contribution < -0.4 is 22.3 Å². The van der Waals surface area contributed by atoms with Crippen molar-refractivity contribution in [2.24, 2.45) is 5.73 Å². The number of aryl methyl sites for hydroxylation is 2. The zero-order valence-electron chi connectivity index (χ0n) is 17.9. The highest BCUT2D eigenvalue weighted by molar-refractivity contribution is 5.79. The van der Waals surface area contributed by atoms with E-state index in [9.17, 15) is 14.0 Å². The van der Waals surface area contributed by atoms with Gasteiger partial charge in [-0.3, -0.25) is 14.2 Å². The van der Waals surface area contributed by atoms with E-state index in [1.807, 2.05) is 19.1 Å². The second-order valence-corrected chi connectivity index (χ2v) is 8.15. The number of anilines is 2. The fraction of sp³-hybridized carbons (Fsp3) is 0.304. The van der Waals surface area contributed by atoms with Gasteiger partial charge in [0.25, 0.3) is 5.56 Å². The number of rotatable bonds is 6. The molecule has 3 aromatic rings. The minimum Gasteiger partial charge on any atom is -0.384 e. The number of pyridine rings is 1. The molecule has 32 heavy (non-hydrogen) atoms. The van der Waals surface area contributed by atoms with Crippen molar-refractivity contribution < 1.29 is 9.18 Å². The van der Waals surface area contributed by atoms with Gasteiger partial charge < -0.3 is 16.8 Å². The van der Waals surface area contributed by atoms with E-state index in [-0.39, 0.29) is 29.5 Å². The molecule has 4 rings (SSSR count). The van der Waals surface area contributed by atoms with Crippen molar-refractivity contribution in [1.82, 2.24) is 14.5 Å². The van der Waals surface area contributed by atoms with Crippen LogP contribution in [-0.2, 0) is 17.8 Å². The van der Waals surface area contributed by atoms with Crippen molar-refractivity contribution in [3.63, 3.8) is 0 Å². The van der Waals surface area contributed by atoms with Crippen LogP contribution in [-0.4, -0.2) is 20.4 Å². The van der Waals surface area contributed by atoms with Gasteiger partial charge in [-0.05, 0) is 48.2 Å². The number of carbonyl (C=O) groups is 1. The summed E-state index contributed by atoms with van der Waals surface area (Å²) in [4.78, 5) is 34.3. The van der Waals surface area contributed by atoms with Gasteiger partial charge in [-0.15, -0.1) is 0 Å². The quantitative estimate of drug-likeness (QED) is 0.544. The molecule has 1 amide bonds. The summed E-state index contributed by atoms with van der Waals surface area (Å²) in [6.07, 6.45) is 2.56. The maximum Gasteiger partial charge on any atom is 0.277 e. The molecule has 0 fully saturated rings. The van der Waals surface area contributed by atoms with E-state index in [4.69, 9.17) is 16.5 Å². The SMILES string of the molecule is Cc1cc(F)cc(CNc2c([C@H](C)c3ccc(N)nc3)nc3n(c2=O)C(C(N)=O)CC3)c1. The summed E-state index contributed by atoms with van der Waals surface area (Å²) in [6.45, 7) is 3.94. The molecule has 0 bridgehead atoms. The minimum atomic E-state index is -0.732. The molecule has 0 saturated heterocycles. The Morgan fingerprint density at radius 1 is 1.34 bits per heavy atom. The van der Waals surface area contributed by atoms with E-state index in [2.05, 4.69) is 10.3 Å². The first-order chi connectivity index (χ1) is 15.2. The number of nitrogens with zero attached hydrogens (tertiary/aromatic N) is 3. The molecule has 8 nitrogen and oxygen atoms in total. The summed E-state index contributed by atoms with van der Waals surface area (Å²) in [6, 6.07) is 7.49. The Labute approximate surface area is 184 Å². The molecule has 0 aliphatic carbocycles. The molecular weight excluding hydrogens is 411 g/mol. The molecule has 5 N–H and O–H groups in total. The molecule has 2 aromatic heterocycles. The third kappa shape index (κ3) is 4.05. The van der Waals surface area contributed by atoms with Crippen molar-refractivity contribution in [1.29, 1.82) is 0 Å². The van der Waals surface area contributed by atoms with Crippen molar-refractivity contribution in [3.05, 3.63) is 80.9 Å². The number of nitrogen functional groups attached to an aromatic ring is 1. The predicted octanol–water partition coefficient (Wildman–Crippen LogP) is 2.40. The third-order valence-corrected chi connectivity index (χ3v) is 5.79. The van der Waals surface area contributed by atoms with Crippen LogP contribution in [0.1, 0.15) is 53.5 Å². The Hall–Kier alpha value is -3.75. The molecule has 0 saturated carbocycles. The Balaban J connectivity index is 1.79. The lowest BCUT2D eigenvalue weighted by Gasteiger charge is -2.20. The first kappa shape index (κ1) is 21.5. The van der Waals surface area contributed by atoms with Crippen molar-refractivity contribution in [2.45, 2.75) is 45.2 Å². The molecule has 2 atom stereocenters. The molecule has 166 valence electrons. The molecule has 1 unspecified atom stereocenters. The normalized spacial score (nSPS) is 15.9. The minimum absolute atomic E-state index is 0.218. The van der Waals surface area contributed by atoms with E-state index in [0.717, 1.165) is 11.1 Å². The number of nitrogens with two attached hydrogens (primary N) is 2. The Morgan fingerprint density at radius 3 is 2.78 bits per heavy atom. The van der Waals surface area contributed by atoms with Crippen molar-refractivity contribution in [3.8, 4) is 0 Å². The number of primary amides is 1. The monoisotopic (exact) mass is 436 g/mol. The zero-order valence-corrected chi connectivity index (χ0v) is 17.9. The zero-order chi connectivity index (χ0) is 23.0. The average molecular weight is 436 g/mol. The van der Waals surface area contributed by atoms with Crippen LogP contribution in [0.4, 0.5) is 15.9 Å². The third-order valence-electron chi connectivity index (χ3n) is 5.79. The molecule has 1 aromatic carbocycles. The van der Waals surface area contributed by atoms with Crippen molar-refractivity contribution >= 4 is 17.4 Å². The van der Waals surface area contributed by atoms with Crippen LogP contribution in [0.25, 0.3) is 0 Å². The smallest absolute Gasteiger partial charge is 0.277 e. The van der Waals surface area contributed by atoms with Gasteiger partial charge >= 0.3 is 0 Å². The van der Waals surface area contributed by atoms with Crippen LogP contribution in [0, 0.1) is 12.7 Å². The maximum atomic E-state index is 13.8. The lowest BCUT2D eigenvalue weighted by atomic mass is 9.97. The molecule has 9 heteroatoms. The molecule has 0 spiro atoms. The lowest BCUT2D eigenvalue weighted by Crippen LogP contribution is -2.34. The van der Waals surface area contributed by atoms with Gasteiger partial charge in [0.1, 0.15) is 29.2 Å². The number of hydrogen-bond acceptors (Lipinski definition) is 6. The maximum absolute atomic E-state index is 13.8. The predicted molar refractivity (Wildman–Crippen MR) is 120 cm³/mol. The number of halogens is 1. The summed E-state index contributed by atoms with van der Waals surface area (Å²) in [5.41, 5.74) is 14.0.